The molecule has 2 aromatic heterocycles. The van der Waals surface area contributed by atoms with Gasteiger partial charge in [-0.1, -0.05) is 0 Å². The average molecular weight is 360 g/mol. The Hall–Kier alpha value is -2.03. The van der Waals surface area contributed by atoms with Gasteiger partial charge in [0.15, 0.2) is 5.69 Å². The number of alkyl halides is 3. The van der Waals surface area contributed by atoms with Gasteiger partial charge >= 0.3 is 6.18 Å². The third-order valence-electron chi connectivity index (χ3n) is 2.90. The molecular weight excluding hydrogens is 351 g/mol. The molecule has 0 amide bonds. The van der Waals surface area contributed by atoms with Gasteiger partial charge in [0.05, 0.1) is 18.6 Å². The van der Waals surface area contributed by atoms with Crippen molar-refractivity contribution < 1.29 is 13.2 Å². The zero-order chi connectivity index (χ0) is 15.0. The van der Waals surface area contributed by atoms with Crippen LogP contribution in [0, 0.1) is 0 Å². The smallest absolute Gasteiger partial charge is 0.306 e. The van der Waals surface area contributed by atoms with Crippen LogP contribution in [0.4, 0.5) is 19.0 Å². The van der Waals surface area contributed by atoms with E-state index in [4.69, 9.17) is 0 Å². The Kier molecular flexibility index (Phi) is 3.36. The third-order valence-corrected chi connectivity index (χ3v) is 3.37. The molecule has 110 valence electrons. The van der Waals surface area contributed by atoms with Crippen molar-refractivity contribution in [3.8, 4) is 0 Å². The van der Waals surface area contributed by atoms with E-state index in [1.54, 1.807) is 23.5 Å². The van der Waals surface area contributed by atoms with E-state index in [9.17, 15) is 13.2 Å². The van der Waals surface area contributed by atoms with Crippen molar-refractivity contribution in [3.63, 3.8) is 0 Å². The molecule has 1 aliphatic heterocycles. The number of hydrogen-bond donors (Lipinski definition) is 1. The number of imidazole rings is 1. The lowest BCUT2D eigenvalue weighted by Gasteiger charge is -2.17. The van der Waals surface area contributed by atoms with E-state index >= 15 is 0 Å². The topological polar surface area (TPSA) is 46.0 Å². The molecule has 0 aromatic carbocycles. The van der Waals surface area contributed by atoms with Crippen molar-refractivity contribution in [1.29, 1.82) is 0 Å². The Bertz CT molecular complexity index is 677. The number of nitrogens with zero attached hydrogens (tertiary/aromatic N) is 4. The highest BCUT2D eigenvalue weighted by Gasteiger charge is 2.34. The maximum Gasteiger partial charge on any atom is 0.434 e. The summed E-state index contributed by atoms with van der Waals surface area (Å²) >= 11 is 3.29. The summed E-state index contributed by atoms with van der Waals surface area (Å²) in [5.41, 5.74) is 2.68. The second-order valence-electron chi connectivity index (χ2n) is 4.35. The summed E-state index contributed by atoms with van der Waals surface area (Å²) < 4.78 is 39.8. The van der Waals surface area contributed by atoms with Crippen LogP contribution in [0.1, 0.15) is 5.69 Å². The lowest BCUT2D eigenvalue weighted by atomic mass is 10.4. The molecule has 0 saturated heterocycles. The molecule has 0 atom stereocenters. The molecular formula is C12H9BrF3N5. The van der Waals surface area contributed by atoms with Crippen LogP contribution >= 0.6 is 15.9 Å². The number of pyridine rings is 1. The minimum atomic E-state index is -4.44. The number of anilines is 1. The van der Waals surface area contributed by atoms with E-state index in [0.29, 0.717) is 18.1 Å². The summed E-state index contributed by atoms with van der Waals surface area (Å²) in [4.78, 5) is 7.58. The molecule has 1 aliphatic rings. The Morgan fingerprint density at radius 1 is 1.24 bits per heavy atom. The van der Waals surface area contributed by atoms with Crippen LogP contribution in [-0.4, -0.2) is 21.1 Å². The van der Waals surface area contributed by atoms with Crippen LogP contribution in [0.2, 0.25) is 0 Å². The quantitative estimate of drug-likeness (QED) is 0.895. The Morgan fingerprint density at radius 3 is 2.67 bits per heavy atom. The first-order valence-electron chi connectivity index (χ1n) is 5.89. The molecule has 3 heterocycles. The minimum absolute atomic E-state index is 0.377. The molecule has 3 rings (SSSR count). The predicted molar refractivity (Wildman–Crippen MR) is 73.9 cm³/mol. The van der Waals surface area contributed by atoms with Crippen molar-refractivity contribution in [2.45, 2.75) is 6.18 Å². The third kappa shape index (κ3) is 2.87. The van der Waals surface area contributed by atoms with Gasteiger partial charge in [0.1, 0.15) is 5.82 Å². The summed E-state index contributed by atoms with van der Waals surface area (Å²) in [7, 11) is 0. The molecule has 0 radical (unpaired) electrons. The van der Waals surface area contributed by atoms with Gasteiger partial charge in [-0.15, -0.1) is 0 Å². The lowest BCUT2D eigenvalue weighted by Crippen LogP contribution is -2.30. The van der Waals surface area contributed by atoms with Crippen LogP contribution in [0.3, 0.4) is 0 Å². The highest BCUT2D eigenvalue weighted by Crippen LogP contribution is 2.28. The molecule has 5 nitrogen and oxygen atoms in total. The zero-order valence-corrected chi connectivity index (χ0v) is 12.1. The number of hydrogen-bond acceptors (Lipinski definition) is 4. The van der Waals surface area contributed by atoms with E-state index in [1.165, 1.54) is 4.57 Å². The van der Waals surface area contributed by atoms with Crippen LogP contribution in [0.25, 0.3) is 5.70 Å². The summed E-state index contributed by atoms with van der Waals surface area (Å²) in [5.74, 6) is 0.667. The molecule has 0 fully saturated rings. The van der Waals surface area contributed by atoms with E-state index in [0.717, 1.165) is 17.0 Å². The SMILES string of the molecule is FC(F)(F)c1cn(C2=CNN(c3ccc(Br)cn3)C2)cn1. The first-order chi connectivity index (χ1) is 9.93. The fourth-order valence-corrected chi connectivity index (χ4v) is 2.10. The van der Waals surface area contributed by atoms with Gasteiger partial charge in [0.25, 0.3) is 0 Å². The van der Waals surface area contributed by atoms with Gasteiger partial charge in [0.2, 0.25) is 0 Å². The lowest BCUT2D eigenvalue weighted by molar-refractivity contribution is -0.140. The van der Waals surface area contributed by atoms with Crippen molar-refractivity contribution in [2.24, 2.45) is 0 Å². The molecule has 0 spiro atoms. The monoisotopic (exact) mass is 359 g/mol. The van der Waals surface area contributed by atoms with Crippen LogP contribution in [0.15, 0.2) is 41.5 Å². The number of halogens is 4. The highest BCUT2D eigenvalue weighted by atomic mass is 79.9. The highest BCUT2D eigenvalue weighted by molar-refractivity contribution is 9.10. The number of nitrogens with one attached hydrogen (secondary N) is 1. The van der Waals surface area contributed by atoms with Gasteiger partial charge in [-0.2, -0.15) is 13.2 Å². The summed E-state index contributed by atoms with van der Waals surface area (Å²) in [6.07, 6.45) is 0.936. The molecule has 0 bridgehead atoms. The van der Waals surface area contributed by atoms with Crippen molar-refractivity contribution in [3.05, 3.63) is 47.2 Å². The number of hydrazine groups is 1. The molecule has 2 aromatic rings. The first kappa shape index (κ1) is 13.9. The molecule has 0 unspecified atom stereocenters. The Balaban J connectivity index is 1.75. The van der Waals surface area contributed by atoms with Gasteiger partial charge in [-0.3, -0.25) is 5.01 Å². The van der Waals surface area contributed by atoms with Crippen LogP contribution in [-0.2, 0) is 6.18 Å². The van der Waals surface area contributed by atoms with Crippen molar-refractivity contribution >= 4 is 27.4 Å². The van der Waals surface area contributed by atoms with Crippen molar-refractivity contribution in [2.75, 3.05) is 11.6 Å². The fraction of sp³-hybridized carbons (Fsp3) is 0.167. The summed E-state index contributed by atoms with van der Waals surface area (Å²) in [6, 6.07) is 3.63. The minimum Gasteiger partial charge on any atom is -0.306 e. The van der Waals surface area contributed by atoms with Gasteiger partial charge in [-0.25, -0.2) is 9.97 Å². The van der Waals surface area contributed by atoms with E-state index in [1.807, 2.05) is 6.07 Å². The number of aromatic nitrogens is 3. The first-order valence-corrected chi connectivity index (χ1v) is 6.68. The molecule has 0 aliphatic carbocycles. The van der Waals surface area contributed by atoms with Crippen molar-refractivity contribution in [1.82, 2.24) is 20.0 Å². The average Bonchev–Trinajstić information content (AvgIpc) is 3.07. The van der Waals surface area contributed by atoms with Gasteiger partial charge in [-0.05, 0) is 28.1 Å². The molecule has 0 saturated carbocycles. The van der Waals surface area contributed by atoms with Crippen LogP contribution < -0.4 is 10.4 Å². The molecule has 21 heavy (non-hydrogen) atoms. The van der Waals surface area contributed by atoms with E-state index < -0.39 is 11.9 Å². The maximum absolute atomic E-state index is 12.5. The normalized spacial score (nSPS) is 15.0. The number of rotatable bonds is 2. The molecule has 9 heteroatoms. The summed E-state index contributed by atoms with van der Waals surface area (Å²) in [6.45, 7) is 0.377. The zero-order valence-electron chi connectivity index (χ0n) is 10.5. The second kappa shape index (κ2) is 5.06. The fourth-order valence-electron chi connectivity index (χ4n) is 1.86. The Labute approximate surface area is 126 Å². The Morgan fingerprint density at radius 2 is 2.05 bits per heavy atom. The van der Waals surface area contributed by atoms with Gasteiger partial charge in [0, 0.05) is 23.1 Å². The second-order valence-corrected chi connectivity index (χ2v) is 5.27. The van der Waals surface area contributed by atoms with Gasteiger partial charge < -0.3 is 9.99 Å². The standard InChI is InChI=1S/C12H9BrF3N5/c13-8-1-2-11(17-3-8)21-5-9(4-19-21)20-6-10(18-7-20)12(14,15)16/h1-4,6-7,19H,5H2. The summed E-state index contributed by atoms with van der Waals surface area (Å²) in [5, 5.41) is 1.72. The maximum atomic E-state index is 12.5. The van der Waals surface area contributed by atoms with E-state index in [-0.39, 0.29) is 0 Å². The predicted octanol–water partition coefficient (Wildman–Crippen LogP) is 2.88. The largest absolute Gasteiger partial charge is 0.434 e. The van der Waals surface area contributed by atoms with E-state index in [2.05, 4.69) is 31.3 Å². The molecule has 1 N–H and O–H groups in total. The van der Waals surface area contributed by atoms with Crippen LogP contribution in [0.5, 0.6) is 0 Å².